The number of aryl methyl sites for hydroxylation is 1. The zero-order valence-corrected chi connectivity index (χ0v) is 17.5. The maximum absolute atomic E-state index is 13.0. The van der Waals surface area contributed by atoms with Crippen LogP contribution in [0.25, 0.3) is 10.9 Å². The Bertz CT molecular complexity index is 1000. The molecule has 4 rings (SSSR count). The van der Waals surface area contributed by atoms with Crippen molar-refractivity contribution in [1.82, 2.24) is 9.88 Å². The Hall–Kier alpha value is -2.79. The summed E-state index contributed by atoms with van der Waals surface area (Å²) in [7, 11) is 0. The molecule has 1 aliphatic rings. The van der Waals surface area contributed by atoms with E-state index in [-0.39, 0.29) is 11.8 Å². The Labute approximate surface area is 172 Å². The topological polar surface area (TPSA) is 51.4 Å². The van der Waals surface area contributed by atoms with Gasteiger partial charge in [-0.2, -0.15) is 0 Å². The number of nitrogens with zero attached hydrogens (tertiary/aromatic N) is 2. The molecule has 0 aliphatic carbocycles. The zero-order valence-electron chi connectivity index (χ0n) is 17.5. The summed E-state index contributed by atoms with van der Waals surface area (Å²) in [4.78, 5) is 21.1. The molecule has 0 spiro atoms. The third-order valence-corrected chi connectivity index (χ3v) is 6.01. The number of nitrogens with one attached hydrogen (secondary N) is 2. The van der Waals surface area contributed by atoms with Crippen LogP contribution in [0.4, 0.5) is 11.4 Å². The summed E-state index contributed by atoms with van der Waals surface area (Å²) >= 11 is 0. The van der Waals surface area contributed by atoms with Crippen molar-refractivity contribution in [2.75, 3.05) is 42.9 Å². The molecule has 2 heterocycles. The predicted octanol–water partition coefficient (Wildman–Crippen LogP) is 4.30. The van der Waals surface area contributed by atoms with Gasteiger partial charge in [0.05, 0.1) is 6.04 Å². The second kappa shape index (κ2) is 8.29. The van der Waals surface area contributed by atoms with E-state index in [2.05, 4.69) is 52.1 Å². The number of H-pyrrole nitrogens is 1. The number of Topliss-reactive ketones (excluding diaryl/α,β-unsaturated/α-hetero) is 1. The van der Waals surface area contributed by atoms with Crippen LogP contribution in [-0.2, 0) is 0 Å². The van der Waals surface area contributed by atoms with Crippen LogP contribution in [0.15, 0.2) is 48.7 Å². The van der Waals surface area contributed by atoms with Crippen LogP contribution in [0.1, 0.15) is 29.8 Å². The fraction of sp³-hybridized carbons (Fsp3) is 0.375. The van der Waals surface area contributed by atoms with Crippen molar-refractivity contribution < 1.29 is 4.79 Å². The fourth-order valence-corrected chi connectivity index (χ4v) is 4.14. The first-order valence-corrected chi connectivity index (χ1v) is 10.5. The normalized spacial score (nSPS) is 16.2. The molecule has 0 bridgehead atoms. The van der Waals surface area contributed by atoms with Gasteiger partial charge in [-0.15, -0.1) is 0 Å². The number of fused-ring (bicyclic) bond motifs is 1. The summed E-state index contributed by atoms with van der Waals surface area (Å²) in [6, 6.07) is 14.1. The third kappa shape index (κ3) is 4.01. The van der Waals surface area contributed by atoms with E-state index in [1.807, 2.05) is 37.4 Å². The molecule has 1 aromatic heterocycles. The summed E-state index contributed by atoms with van der Waals surface area (Å²) in [6.07, 6.45) is 1.82. The molecule has 3 aromatic rings. The molecular formula is C24H30N4O. The highest BCUT2D eigenvalue weighted by Gasteiger charge is 2.20. The smallest absolute Gasteiger partial charge is 0.186 e. The molecule has 152 valence electrons. The number of likely N-dealkylation sites (N-methyl/N-ethyl adjacent to an activating group) is 1. The first kappa shape index (κ1) is 19.5. The number of ketones is 1. The molecule has 1 unspecified atom stereocenters. The highest BCUT2D eigenvalue weighted by Crippen LogP contribution is 2.25. The molecule has 5 heteroatoms. The Morgan fingerprint density at radius 2 is 1.90 bits per heavy atom. The lowest BCUT2D eigenvalue weighted by atomic mass is 10.0. The van der Waals surface area contributed by atoms with E-state index in [1.54, 1.807) is 0 Å². The molecule has 1 aliphatic heterocycles. The molecule has 1 atom stereocenters. The maximum Gasteiger partial charge on any atom is 0.186 e. The lowest BCUT2D eigenvalue weighted by Crippen LogP contribution is -2.46. The highest BCUT2D eigenvalue weighted by molar-refractivity contribution is 6.11. The number of anilines is 2. The van der Waals surface area contributed by atoms with Crippen LogP contribution < -0.4 is 10.2 Å². The van der Waals surface area contributed by atoms with Crippen LogP contribution in [0, 0.1) is 6.92 Å². The Morgan fingerprint density at radius 1 is 1.14 bits per heavy atom. The van der Waals surface area contributed by atoms with Crippen molar-refractivity contribution in [2.24, 2.45) is 0 Å². The number of aromatic amines is 1. The van der Waals surface area contributed by atoms with Crippen LogP contribution in [-0.4, -0.2) is 54.4 Å². The van der Waals surface area contributed by atoms with Crippen molar-refractivity contribution in [3.63, 3.8) is 0 Å². The number of carbonyl (C=O) groups excluding carboxylic acids is 1. The third-order valence-electron chi connectivity index (χ3n) is 6.01. The number of aromatic nitrogens is 1. The van der Waals surface area contributed by atoms with E-state index in [4.69, 9.17) is 0 Å². The van der Waals surface area contributed by atoms with Crippen molar-refractivity contribution in [3.8, 4) is 0 Å². The minimum Gasteiger partial charge on any atom is -0.375 e. The second-order valence-electron chi connectivity index (χ2n) is 7.90. The number of hydrogen-bond acceptors (Lipinski definition) is 4. The van der Waals surface area contributed by atoms with Crippen molar-refractivity contribution in [2.45, 2.75) is 26.8 Å². The molecule has 0 radical (unpaired) electrons. The van der Waals surface area contributed by atoms with Crippen LogP contribution in [0.2, 0.25) is 0 Å². The molecular weight excluding hydrogens is 360 g/mol. The number of carbonyl (C=O) groups is 1. The minimum absolute atomic E-state index is 0.0987. The summed E-state index contributed by atoms with van der Waals surface area (Å²) in [5.41, 5.74) is 5.18. The maximum atomic E-state index is 13.0. The van der Waals surface area contributed by atoms with E-state index in [9.17, 15) is 4.79 Å². The van der Waals surface area contributed by atoms with Crippen LogP contribution in [0.5, 0.6) is 0 Å². The van der Waals surface area contributed by atoms with E-state index in [0.29, 0.717) is 0 Å². The van der Waals surface area contributed by atoms with Gasteiger partial charge in [0.15, 0.2) is 5.78 Å². The molecule has 1 saturated heterocycles. The summed E-state index contributed by atoms with van der Waals surface area (Å²) in [5.74, 6) is 0.0987. The monoisotopic (exact) mass is 390 g/mol. The van der Waals surface area contributed by atoms with E-state index >= 15 is 0 Å². The van der Waals surface area contributed by atoms with E-state index in [0.717, 1.165) is 54.9 Å². The van der Waals surface area contributed by atoms with Gasteiger partial charge in [-0.25, -0.2) is 0 Å². The average Bonchev–Trinajstić information content (AvgIpc) is 3.18. The average molecular weight is 391 g/mol. The van der Waals surface area contributed by atoms with Gasteiger partial charge in [-0.1, -0.05) is 25.1 Å². The van der Waals surface area contributed by atoms with Gasteiger partial charge in [0.25, 0.3) is 0 Å². The number of para-hydroxylation sites is 1. The highest BCUT2D eigenvalue weighted by atomic mass is 16.1. The Kier molecular flexibility index (Phi) is 5.58. The number of hydrogen-bond donors (Lipinski definition) is 2. The number of rotatable bonds is 6. The van der Waals surface area contributed by atoms with Gasteiger partial charge in [0.2, 0.25) is 0 Å². The van der Waals surface area contributed by atoms with Crippen molar-refractivity contribution in [3.05, 3.63) is 59.8 Å². The van der Waals surface area contributed by atoms with Gasteiger partial charge in [0, 0.05) is 60.2 Å². The molecule has 2 N–H and O–H groups in total. The molecule has 2 aromatic carbocycles. The molecule has 5 nitrogen and oxygen atoms in total. The fourth-order valence-electron chi connectivity index (χ4n) is 4.14. The lowest BCUT2D eigenvalue weighted by Gasteiger charge is -2.35. The Morgan fingerprint density at radius 3 is 2.62 bits per heavy atom. The standard InChI is InChI=1S/C24H30N4O/c1-4-27-11-13-28(14-12-27)19-9-10-22(17(2)15-19)26-18(3)24(29)21-16-25-23-8-6-5-7-20(21)23/h5-10,15-16,18,25-26H,4,11-14H2,1-3H3. The minimum atomic E-state index is -0.299. The molecule has 0 amide bonds. The SMILES string of the molecule is CCN1CCN(c2ccc(NC(C)C(=O)c3c[nH]c4ccccc34)c(C)c2)CC1. The number of piperazine rings is 1. The van der Waals surface area contributed by atoms with Gasteiger partial charge in [-0.05, 0) is 50.2 Å². The summed E-state index contributed by atoms with van der Waals surface area (Å²) in [5, 5.41) is 4.40. The van der Waals surface area contributed by atoms with Gasteiger partial charge in [-0.3, -0.25) is 4.79 Å². The molecule has 0 saturated carbocycles. The van der Waals surface area contributed by atoms with Gasteiger partial charge in [0.1, 0.15) is 0 Å². The van der Waals surface area contributed by atoms with E-state index in [1.165, 1.54) is 11.3 Å². The summed E-state index contributed by atoms with van der Waals surface area (Å²) in [6.45, 7) is 11.7. The predicted molar refractivity (Wildman–Crippen MR) is 121 cm³/mol. The van der Waals surface area contributed by atoms with Gasteiger partial charge < -0.3 is 20.1 Å². The summed E-state index contributed by atoms with van der Waals surface area (Å²) < 4.78 is 0. The van der Waals surface area contributed by atoms with E-state index < -0.39 is 0 Å². The Balaban J connectivity index is 1.46. The number of benzene rings is 2. The molecule has 1 fully saturated rings. The first-order valence-electron chi connectivity index (χ1n) is 10.5. The van der Waals surface area contributed by atoms with Gasteiger partial charge >= 0.3 is 0 Å². The molecule has 29 heavy (non-hydrogen) atoms. The van der Waals surface area contributed by atoms with Crippen molar-refractivity contribution in [1.29, 1.82) is 0 Å². The second-order valence-corrected chi connectivity index (χ2v) is 7.90. The quantitative estimate of drug-likeness (QED) is 0.616. The van der Waals surface area contributed by atoms with Crippen LogP contribution in [0.3, 0.4) is 0 Å². The zero-order chi connectivity index (χ0) is 20.4. The first-order chi connectivity index (χ1) is 14.1. The lowest BCUT2D eigenvalue weighted by molar-refractivity contribution is 0.0977. The largest absolute Gasteiger partial charge is 0.375 e. The van der Waals surface area contributed by atoms with Crippen LogP contribution >= 0.6 is 0 Å². The van der Waals surface area contributed by atoms with Crippen molar-refractivity contribution >= 4 is 28.1 Å².